The van der Waals surface area contributed by atoms with Crippen LogP contribution in [0.5, 0.6) is 0 Å². The van der Waals surface area contributed by atoms with Crippen LogP contribution in [0.15, 0.2) is 54.6 Å². The van der Waals surface area contributed by atoms with Gasteiger partial charge < -0.3 is 5.11 Å². The van der Waals surface area contributed by atoms with Gasteiger partial charge in [-0.1, -0.05) is 41.9 Å². The van der Waals surface area contributed by atoms with Gasteiger partial charge in [0.05, 0.1) is 10.9 Å². The number of hydrogen-bond acceptors (Lipinski definition) is 4. The number of halogens is 1. The van der Waals surface area contributed by atoms with Gasteiger partial charge in [-0.25, -0.2) is 0 Å². The molecule has 1 N–H and O–H groups in total. The van der Waals surface area contributed by atoms with Gasteiger partial charge in [0, 0.05) is 9.72 Å². The Balaban J connectivity index is 1.93. The SMILES string of the molecule is N#CC(C(=O)c1cc2ccccc2s1)C(O)c1cccc(Cl)c1. The molecule has 2 aromatic carbocycles. The number of carbonyl (C=O) groups excluding carboxylic acids is 1. The summed E-state index contributed by atoms with van der Waals surface area (Å²) in [6, 6.07) is 17.9. The van der Waals surface area contributed by atoms with Crippen molar-refractivity contribution in [3.05, 3.63) is 70.1 Å². The van der Waals surface area contributed by atoms with E-state index >= 15 is 0 Å². The van der Waals surface area contributed by atoms with Crippen LogP contribution in [-0.4, -0.2) is 10.9 Å². The van der Waals surface area contributed by atoms with Crippen molar-refractivity contribution in [2.24, 2.45) is 5.92 Å². The molecule has 0 saturated carbocycles. The fraction of sp³-hybridized carbons (Fsp3) is 0.111. The zero-order valence-corrected chi connectivity index (χ0v) is 13.5. The van der Waals surface area contributed by atoms with Crippen molar-refractivity contribution in [3.8, 4) is 6.07 Å². The molecule has 0 fully saturated rings. The summed E-state index contributed by atoms with van der Waals surface area (Å²) in [6.07, 6.45) is -1.21. The van der Waals surface area contributed by atoms with Crippen molar-refractivity contribution in [1.82, 2.24) is 0 Å². The van der Waals surface area contributed by atoms with Gasteiger partial charge in [0.15, 0.2) is 5.78 Å². The van der Waals surface area contributed by atoms with Crippen molar-refractivity contribution in [2.45, 2.75) is 6.10 Å². The highest BCUT2D eigenvalue weighted by Crippen LogP contribution is 2.31. The molecular formula is C18H12ClNO2S. The Morgan fingerprint density at radius 3 is 2.65 bits per heavy atom. The molecule has 0 bridgehead atoms. The number of ketones is 1. The quantitative estimate of drug-likeness (QED) is 0.705. The average molecular weight is 342 g/mol. The second-order valence-corrected chi connectivity index (χ2v) is 6.64. The van der Waals surface area contributed by atoms with E-state index in [9.17, 15) is 15.2 Å². The Morgan fingerprint density at radius 2 is 1.96 bits per heavy atom. The highest BCUT2D eigenvalue weighted by Gasteiger charge is 2.30. The minimum Gasteiger partial charge on any atom is -0.387 e. The maximum absolute atomic E-state index is 12.6. The van der Waals surface area contributed by atoms with Crippen molar-refractivity contribution < 1.29 is 9.90 Å². The molecule has 2 atom stereocenters. The number of aliphatic hydroxyl groups excluding tert-OH is 1. The smallest absolute Gasteiger partial charge is 0.192 e. The van der Waals surface area contributed by atoms with Gasteiger partial charge in [0.2, 0.25) is 0 Å². The number of rotatable bonds is 4. The molecule has 3 nitrogen and oxygen atoms in total. The second kappa shape index (κ2) is 6.51. The van der Waals surface area contributed by atoms with Crippen LogP contribution in [0.2, 0.25) is 5.02 Å². The molecule has 5 heteroatoms. The van der Waals surface area contributed by atoms with Crippen molar-refractivity contribution >= 4 is 38.8 Å². The second-order valence-electron chi connectivity index (χ2n) is 5.12. The molecule has 3 rings (SSSR count). The molecule has 3 aromatic rings. The lowest BCUT2D eigenvalue weighted by molar-refractivity contribution is 0.0780. The number of hydrogen-bond donors (Lipinski definition) is 1. The Bertz CT molecular complexity index is 880. The first kappa shape index (κ1) is 15.7. The lowest BCUT2D eigenvalue weighted by Gasteiger charge is -2.15. The van der Waals surface area contributed by atoms with Crippen LogP contribution in [-0.2, 0) is 0 Å². The standard InChI is InChI=1S/C18H12ClNO2S/c19-13-6-3-5-12(8-13)17(21)14(10-20)18(22)16-9-11-4-1-2-7-15(11)23-16/h1-9,14,17,21H. The molecule has 2 unspecified atom stereocenters. The fourth-order valence-corrected chi connectivity index (χ4v) is 3.65. The van der Waals surface area contributed by atoms with Gasteiger partial charge in [-0.3, -0.25) is 4.79 Å². The van der Waals surface area contributed by atoms with E-state index in [1.54, 1.807) is 30.3 Å². The van der Waals surface area contributed by atoms with E-state index in [0.717, 1.165) is 10.1 Å². The topological polar surface area (TPSA) is 61.1 Å². The predicted molar refractivity (Wildman–Crippen MR) is 91.7 cm³/mol. The lowest BCUT2D eigenvalue weighted by atomic mass is 9.92. The summed E-state index contributed by atoms with van der Waals surface area (Å²) in [5.74, 6) is -1.54. The molecule has 0 aliphatic heterocycles. The summed E-state index contributed by atoms with van der Waals surface area (Å²) in [7, 11) is 0. The Labute approximate surface area is 142 Å². The maximum atomic E-state index is 12.6. The highest BCUT2D eigenvalue weighted by molar-refractivity contribution is 7.20. The van der Waals surface area contributed by atoms with Gasteiger partial charge in [-0.2, -0.15) is 5.26 Å². The van der Waals surface area contributed by atoms with Crippen LogP contribution in [0.4, 0.5) is 0 Å². The molecule has 0 aliphatic carbocycles. The van der Waals surface area contributed by atoms with Crippen LogP contribution in [0.25, 0.3) is 10.1 Å². The van der Waals surface area contributed by atoms with Crippen LogP contribution >= 0.6 is 22.9 Å². The number of nitrogens with zero attached hydrogens (tertiary/aromatic N) is 1. The number of aliphatic hydroxyl groups is 1. The molecule has 1 aromatic heterocycles. The van der Waals surface area contributed by atoms with E-state index in [1.807, 2.05) is 30.3 Å². The van der Waals surface area contributed by atoms with Crippen LogP contribution in [0.3, 0.4) is 0 Å². The maximum Gasteiger partial charge on any atom is 0.192 e. The van der Waals surface area contributed by atoms with Crippen LogP contribution < -0.4 is 0 Å². The van der Waals surface area contributed by atoms with E-state index in [1.165, 1.54) is 11.3 Å². The summed E-state index contributed by atoms with van der Waals surface area (Å²) in [4.78, 5) is 13.1. The summed E-state index contributed by atoms with van der Waals surface area (Å²) in [5.41, 5.74) is 0.457. The molecular weight excluding hydrogens is 330 g/mol. The third kappa shape index (κ3) is 3.13. The number of nitriles is 1. The van der Waals surface area contributed by atoms with Gasteiger partial charge in [0.25, 0.3) is 0 Å². The van der Waals surface area contributed by atoms with Crippen LogP contribution in [0.1, 0.15) is 21.3 Å². The average Bonchev–Trinajstić information content (AvgIpc) is 2.99. The van der Waals surface area contributed by atoms with E-state index in [4.69, 9.17) is 11.6 Å². The molecule has 0 radical (unpaired) electrons. The summed E-state index contributed by atoms with van der Waals surface area (Å²) in [6.45, 7) is 0. The van der Waals surface area contributed by atoms with E-state index in [-0.39, 0.29) is 5.78 Å². The first-order valence-corrected chi connectivity index (χ1v) is 8.15. The third-order valence-electron chi connectivity index (χ3n) is 3.60. The summed E-state index contributed by atoms with van der Waals surface area (Å²) in [5, 5.41) is 21.2. The predicted octanol–water partition coefficient (Wildman–Crippen LogP) is 4.61. The first-order chi connectivity index (χ1) is 11.1. The zero-order chi connectivity index (χ0) is 16.4. The minimum absolute atomic E-state index is 0.374. The van der Waals surface area contributed by atoms with E-state index < -0.39 is 12.0 Å². The number of carbonyl (C=O) groups is 1. The van der Waals surface area contributed by atoms with Crippen LogP contribution in [0, 0.1) is 17.2 Å². The van der Waals surface area contributed by atoms with E-state index in [2.05, 4.69) is 0 Å². The fourth-order valence-electron chi connectivity index (χ4n) is 2.41. The molecule has 0 amide bonds. The molecule has 0 aliphatic rings. The van der Waals surface area contributed by atoms with Gasteiger partial charge in [-0.05, 0) is 35.2 Å². The lowest BCUT2D eigenvalue weighted by Crippen LogP contribution is -2.20. The Morgan fingerprint density at radius 1 is 1.17 bits per heavy atom. The Hall–Kier alpha value is -2.19. The number of Topliss-reactive ketones (excluding diaryl/α,β-unsaturated/α-hetero) is 1. The normalized spacial score (nSPS) is 13.4. The molecule has 0 spiro atoms. The first-order valence-electron chi connectivity index (χ1n) is 6.96. The highest BCUT2D eigenvalue weighted by atomic mass is 35.5. The zero-order valence-electron chi connectivity index (χ0n) is 11.9. The largest absolute Gasteiger partial charge is 0.387 e. The number of thiophene rings is 1. The number of benzene rings is 2. The summed E-state index contributed by atoms with van der Waals surface area (Å²) < 4.78 is 0.977. The van der Waals surface area contributed by atoms with Gasteiger partial charge in [-0.15, -0.1) is 11.3 Å². The monoisotopic (exact) mass is 341 g/mol. The van der Waals surface area contributed by atoms with Gasteiger partial charge >= 0.3 is 0 Å². The molecule has 0 saturated heterocycles. The molecule has 23 heavy (non-hydrogen) atoms. The third-order valence-corrected chi connectivity index (χ3v) is 4.96. The molecule has 1 heterocycles. The van der Waals surface area contributed by atoms with Crippen molar-refractivity contribution in [3.63, 3.8) is 0 Å². The Kier molecular flexibility index (Phi) is 4.44. The van der Waals surface area contributed by atoms with Crippen molar-refractivity contribution in [2.75, 3.05) is 0 Å². The van der Waals surface area contributed by atoms with E-state index in [0.29, 0.717) is 15.5 Å². The minimum atomic E-state index is -1.21. The van der Waals surface area contributed by atoms with Gasteiger partial charge in [0.1, 0.15) is 12.0 Å². The number of fused-ring (bicyclic) bond motifs is 1. The van der Waals surface area contributed by atoms with Crippen molar-refractivity contribution in [1.29, 1.82) is 5.26 Å². The summed E-state index contributed by atoms with van der Waals surface area (Å²) >= 11 is 7.24. The molecule has 114 valence electrons.